The smallest absolute Gasteiger partial charge is 0.267 e. The quantitative estimate of drug-likeness (QED) is 0.626. The Morgan fingerprint density at radius 3 is 2.34 bits per heavy atom. The average Bonchev–Trinajstić information content (AvgIpc) is 3.27. The molecule has 0 saturated carbocycles. The van der Waals surface area contributed by atoms with Gasteiger partial charge in [0.05, 0.1) is 10.6 Å². The summed E-state index contributed by atoms with van der Waals surface area (Å²) in [7, 11) is -2.02. The highest BCUT2D eigenvalue weighted by Gasteiger charge is 2.23. The van der Waals surface area contributed by atoms with E-state index in [4.69, 9.17) is 4.42 Å². The first-order valence-corrected chi connectivity index (χ1v) is 11.3. The number of carbonyl (C=O) groups is 1. The van der Waals surface area contributed by atoms with Gasteiger partial charge >= 0.3 is 0 Å². The first-order valence-electron chi connectivity index (χ1n) is 9.03. The molecule has 1 amide bonds. The molecule has 0 saturated heterocycles. The van der Waals surface area contributed by atoms with Crippen LogP contribution in [0.25, 0.3) is 10.8 Å². The van der Waals surface area contributed by atoms with Crippen molar-refractivity contribution in [2.24, 2.45) is 0 Å². The van der Waals surface area contributed by atoms with Gasteiger partial charge in [0.2, 0.25) is 10.0 Å². The molecule has 29 heavy (non-hydrogen) atoms. The average molecular weight is 434 g/mol. The highest BCUT2D eigenvalue weighted by atomic mass is 32.2. The molecule has 3 rings (SSSR count). The van der Waals surface area contributed by atoms with Crippen LogP contribution in [0.15, 0.2) is 45.7 Å². The molecule has 0 aliphatic rings. The number of hydrogen-bond acceptors (Lipinski definition) is 6. The fourth-order valence-corrected chi connectivity index (χ4v) is 4.89. The Kier molecular flexibility index (Phi) is 5.92. The van der Waals surface area contributed by atoms with Crippen molar-refractivity contribution in [3.8, 4) is 10.8 Å². The lowest BCUT2D eigenvalue weighted by molar-refractivity contribution is 0.103. The second-order valence-electron chi connectivity index (χ2n) is 6.94. The Labute approximate surface area is 174 Å². The molecule has 2 heterocycles. The number of rotatable bonds is 6. The Bertz CT molecular complexity index is 1130. The molecule has 0 fully saturated rings. The minimum atomic E-state index is -3.57. The third kappa shape index (κ3) is 4.42. The van der Waals surface area contributed by atoms with E-state index in [1.807, 2.05) is 32.9 Å². The minimum Gasteiger partial charge on any atom is -0.459 e. The summed E-state index contributed by atoms with van der Waals surface area (Å²) in [4.78, 5) is 17.7. The zero-order chi connectivity index (χ0) is 21.3. The normalized spacial score (nSPS) is 12.0. The molecule has 0 bridgehead atoms. The highest BCUT2D eigenvalue weighted by molar-refractivity contribution is 7.89. The van der Waals surface area contributed by atoms with Crippen LogP contribution < -0.4 is 5.32 Å². The second-order valence-corrected chi connectivity index (χ2v) is 9.93. The summed E-state index contributed by atoms with van der Waals surface area (Å²) in [6.45, 7) is 7.23. The van der Waals surface area contributed by atoms with Crippen molar-refractivity contribution in [3.05, 3.63) is 52.7 Å². The van der Waals surface area contributed by atoms with Crippen LogP contribution in [0.4, 0.5) is 5.69 Å². The van der Waals surface area contributed by atoms with Crippen molar-refractivity contribution in [1.29, 1.82) is 0 Å². The molecule has 0 aliphatic carbocycles. The first-order chi connectivity index (χ1) is 13.6. The van der Waals surface area contributed by atoms with Crippen LogP contribution >= 0.6 is 11.3 Å². The predicted octanol–water partition coefficient (Wildman–Crippen LogP) is 4.30. The first kappa shape index (κ1) is 21.2. The number of sulfonamides is 1. The van der Waals surface area contributed by atoms with Crippen molar-refractivity contribution in [2.45, 2.75) is 38.6 Å². The topological polar surface area (TPSA) is 92.5 Å². The minimum absolute atomic E-state index is 0.152. The Morgan fingerprint density at radius 2 is 1.79 bits per heavy atom. The highest BCUT2D eigenvalue weighted by Crippen LogP contribution is 2.30. The SMILES string of the molecule is Cc1ccc(-c2nc(C)c(C(=O)Nc3ccc(S(=O)(=O)N(C)C(C)C)cc3)s2)o1. The van der Waals surface area contributed by atoms with E-state index >= 15 is 0 Å². The van der Waals surface area contributed by atoms with Gasteiger partial charge in [-0.3, -0.25) is 4.79 Å². The van der Waals surface area contributed by atoms with Gasteiger partial charge in [0.15, 0.2) is 10.8 Å². The number of furan rings is 1. The van der Waals surface area contributed by atoms with Gasteiger partial charge in [0, 0.05) is 18.8 Å². The number of benzene rings is 1. The maximum absolute atomic E-state index is 12.7. The summed E-state index contributed by atoms with van der Waals surface area (Å²) in [5.41, 5.74) is 1.11. The number of carbonyl (C=O) groups excluding carboxylic acids is 1. The number of nitrogens with one attached hydrogen (secondary N) is 1. The molecule has 1 N–H and O–H groups in total. The van der Waals surface area contributed by atoms with Crippen LogP contribution in [0.2, 0.25) is 0 Å². The lowest BCUT2D eigenvalue weighted by Gasteiger charge is -2.21. The number of hydrogen-bond donors (Lipinski definition) is 1. The summed E-state index contributed by atoms with van der Waals surface area (Å²) < 4.78 is 31.9. The van der Waals surface area contributed by atoms with E-state index in [0.717, 1.165) is 5.76 Å². The third-order valence-corrected chi connectivity index (χ3v) is 7.69. The summed E-state index contributed by atoms with van der Waals surface area (Å²) in [6, 6.07) is 9.64. The van der Waals surface area contributed by atoms with E-state index in [1.54, 1.807) is 26.1 Å². The number of nitrogens with zero attached hydrogens (tertiary/aromatic N) is 2. The molecule has 2 aromatic heterocycles. The largest absolute Gasteiger partial charge is 0.459 e. The number of aryl methyl sites for hydroxylation is 2. The number of thiazole rings is 1. The van der Waals surface area contributed by atoms with Crippen LogP contribution in [0.1, 0.15) is 35.0 Å². The zero-order valence-corrected chi connectivity index (χ0v) is 18.5. The second kappa shape index (κ2) is 8.10. The molecule has 0 radical (unpaired) electrons. The van der Waals surface area contributed by atoms with Crippen molar-refractivity contribution >= 4 is 33.0 Å². The van der Waals surface area contributed by atoms with Gasteiger partial charge in [-0.05, 0) is 64.1 Å². The maximum Gasteiger partial charge on any atom is 0.267 e. The number of amides is 1. The van der Waals surface area contributed by atoms with Crippen LogP contribution in [0.5, 0.6) is 0 Å². The fraction of sp³-hybridized carbons (Fsp3) is 0.300. The Morgan fingerprint density at radius 1 is 1.14 bits per heavy atom. The van der Waals surface area contributed by atoms with E-state index in [9.17, 15) is 13.2 Å². The van der Waals surface area contributed by atoms with Gasteiger partial charge in [-0.2, -0.15) is 4.31 Å². The van der Waals surface area contributed by atoms with Crippen molar-refractivity contribution < 1.29 is 17.6 Å². The van der Waals surface area contributed by atoms with Crippen LogP contribution in [-0.2, 0) is 10.0 Å². The third-order valence-electron chi connectivity index (χ3n) is 4.47. The molecular weight excluding hydrogens is 410 g/mol. The zero-order valence-electron chi connectivity index (χ0n) is 16.9. The van der Waals surface area contributed by atoms with E-state index in [1.165, 1.54) is 27.8 Å². The molecule has 0 aliphatic heterocycles. The molecule has 0 unspecified atom stereocenters. The molecule has 7 nitrogen and oxygen atoms in total. The molecule has 3 aromatic rings. The van der Waals surface area contributed by atoms with Gasteiger partial charge in [-0.25, -0.2) is 13.4 Å². The number of aromatic nitrogens is 1. The lowest BCUT2D eigenvalue weighted by Crippen LogP contribution is -2.33. The van der Waals surface area contributed by atoms with Crippen LogP contribution in [-0.4, -0.2) is 36.7 Å². The van der Waals surface area contributed by atoms with Crippen molar-refractivity contribution in [1.82, 2.24) is 9.29 Å². The van der Waals surface area contributed by atoms with E-state index < -0.39 is 10.0 Å². The molecule has 0 spiro atoms. The summed E-state index contributed by atoms with van der Waals surface area (Å²) in [5.74, 6) is 1.10. The Balaban J connectivity index is 1.77. The monoisotopic (exact) mass is 433 g/mol. The molecular formula is C20H23N3O4S2. The van der Waals surface area contributed by atoms with E-state index in [-0.39, 0.29) is 16.8 Å². The fourth-order valence-electron chi connectivity index (χ4n) is 2.60. The van der Waals surface area contributed by atoms with Gasteiger partial charge in [0.1, 0.15) is 10.6 Å². The predicted molar refractivity (Wildman–Crippen MR) is 114 cm³/mol. The lowest BCUT2D eigenvalue weighted by atomic mass is 10.3. The summed E-state index contributed by atoms with van der Waals surface area (Å²) in [6.07, 6.45) is 0. The van der Waals surface area contributed by atoms with Crippen LogP contribution in [0.3, 0.4) is 0 Å². The maximum atomic E-state index is 12.7. The Hall–Kier alpha value is -2.49. The van der Waals surface area contributed by atoms with Crippen molar-refractivity contribution in [2.75, 3.05) is 12.4 Å². The molecule has 1 aromatic carbocycles. The molecule has 9 heteroatoms. The number of anilines is 1. The van der Waals surface area contributed by atoms with E-state index in [2.05, 4.69) is 10.3 Å². The van der Waals surface area contributed by atoms with Gasteiger partial charge < -0.3 is 9.73 Å². The van der Waals surface area contributed by atoms with E-state index in [0.29, 0.717) is 27.0 Å². The van der Waals surface area contributed by atoms with Crippen molar-refractivity contribution in [3.63, 3.8) is 0 Å². The summed E-state index contributed by atoms with van der Waals surface area (Å²) >= 11 is 1.25. The van der Waals surface area contributed by atoms with Crippen LogP contribution in [0, 0.1) is 13.8 Å². The standard InChI is InChI=1S/C20H23N3O4S2/c1-12(2)23(5)29(25,26)16-9-7-15(8-10-16)22-19(24)18-14(4)21-20(28-18)17-11-6-13(3)27-17/h6-12H,1-5H3,(H,22,24). The molecule has 0 atom stereocenters. The van der Waals surface area contributed by atoms with Gasteiger partial charge in [-0.15, -0.1) is 11.3 Å². The molecule has 154 valence electrons. The van der Waals surface area contributed by atoms with Gasteiger partial charge in [-0.1, -0.05) is 0 Å². The summed E-state index contributed by atoms with van der Waals surface area (Å²) in [5, 5.41) is 3.43. The van der Waals surface area contributed by atoms with Gasteiger partial charge in [0.25, 0.3) is 5.91 Å².